The summed E-state index contributed by atoms with van der Waals surface area (Å²) in [4.78, 5) is 24.8. The molecule has 1 atom stereocenters. The fourth-order valence-electron chi connectivity index (χ4n) is 2.46. The Morgan fingerprint density at radius 3 is 2.78 bits per heavy atom. The normalized spacial score (nSPS) is 17.9. The van der Waals surface area contributed by atoms with Crippen molar-refractivity contribution in [2.45, 2.75) is 12.6 Å². The minimum Gasteiger partial charge on any atom is -0.476 e. The molecule has 1 amide bonds. The molecule has 23 heavy (non-hydrogen) atoms. The smallest absolute Gasteiger partial charge is 0.358 e. The highest BCUT2D eigenvalue weighted by Gasteiger charge is 2.25. The molecule has 2 heterocycles. The van der Waals surface area contributed by atoms with Crippen molar-refractivity contribution < 1.29 is 19.4 Å². The molecule has 1 aromatic heterocycles. The van der Waals surface area contributed by atoms with Crippen LogP contribution in [0.4, 0.5) is 0 Å². The topological polar surface area (TPSA) is 97.5 Å². The minimum absolute atomic E-state index is 0.0399. The number of amides is 1. The molecule has 1 unspecified atom stereocenters. The van der Waals surface area contributed by atoms with E-state index >= 15 is 0 Å². The summed E-state index contributed by atoms with van der Waals surface area (Å²) in [5.74, 6) is -1.31. The van der Waals surface area contributed by atoms with Crippen molar-refractivity contribution in [2.75, 3.05) is 19.7 Å². The lowest BCUT2D eigenvalue weighted by atomic mass is 10.1. The fraction of sp³-hybridized carbons (Fsp3) is 0.333. The molecule has 120 valence electrons. The van der Waals surface area contributed by atoms with Crippen LogP contribution in [-0.4, -0.2) is 56.6 Å². The van der Waals surface area contributed by atoms with E-state index in [4.69, 9.17) is 9.84 Å². The van der Waals surface area contributed by atoms with Gasteiger partial charge in [-0.1, -0.05) is 35.5 Å². The van der Waals surface area contributed by atoms with Gasteiger partial charge < -0.3 is 14.7 Å². The predicted molar refractivity (Wildman–Crippen MR) is 78.7 cm³/mol. The number of hydrogen-bond acceptors (Lipinski definition) is 5. The number of carboxylic acids is 1. The lowest BCUT2D eigenvalue weighted by Gasteiger charge is -2.33. The molecule has 1 N–H and O–H groups in total. The maximum absolute atomic E-state index is 12.4. The number of rotatable bonds is 4. The van der Waals surface area contributed by atoms with E-state index in [1.807, 2.05) is 30.3 Å². The van der Waals surface area contributed by atoms with Gasteiger partial charge in [0.05, 0.1) is 19.3 Å². The second-order valence-corrected chi connectivity index (χ2v) is 5.22. The summed E-state index contributed by atoms with van der Waals surface area (Å²) < 4.78 is 6.96. The Morgan fingerprint density at radius 2 is 2.09 bits per heavy atom. The van der Waals surface area contributed by atoms with Crippen molar-refractivity contribution in [1.29, 1.82) is 0 Å². The van der Waals surface area contributed by atoms with Gasteiger partial charge in [0.15, 0.2) is 5.69 Å². The summed E-state index contributed by atoms with van der Waals surface area (Å²) in [7, 11) is 0. The molecule has 0 aliphatic carbocycles. The molecule has 0 saturated carbocycles. The second kappa shape index (κ2) is 6.57. The van der Waals surface area contributed by atoms with E-state index in [0.717, 1.165) is 5.56 Å². The zero-order chi connectivity index (χ0) is 16.2. The highest BCUT2D eigenvalue weighted by Crippen LogP contribution is 2.22. The highest BCUT2D eigenvalue weighted by molar-refractivity contribution is 5.84. The van der Waals surface area contributed by atoms with Crippen molar-refractivity contribution in [3.8, 4) is 0 Å². The maximum Gasteiger partial charge on any atom is 0.358 e. The van der Waals surface area contributed by atoms with Gasteiger partial charge in [-0.25, -0.2) is 9.48 Å². The van der Waals surface area contributed by atoms with Crippen molar-refractivity contribution in [3.05, 3.63) is 47.8 Å². The van der Waals surface area contributed by atoms with Crippen LogP contribution in [0.1, 0.15) is 22.2 Å². The molecule has 8 heteroatoms. The Kier molecular flexibility index (Phi) is 4.33. The van der Waals surface area contributed by atoms with Gasteiger partial charge in [-0.3, -0.25) is 4.79 Å². The van der Waals surface area contributed by atoms with Crippen LogP contribution >= 0.6 is 0 Å². The molecule has 8 nitrogen and oxygen atoms in total. The molecule has 1 saturated heterocycles. The third-order valence-corrected chi connectivity index (χ3v) is 3.65. The van der Waals surface area contributed by atoms with Crippen LogP contribution in [0.5, 0.6) is 0 Å². The van der Waals surface area contributed by atoms with Crippen LogP contribution in [0.3, 0.4) is 0 Å². The van der Waals surface area contributed by atoms with Crippen molar-refractivity contribution in [1.82, 2.24) is 19.9 Å². The summed E-state index contributed by atoms with van der Waals surface area (Å²) in [6.45, 7) is 1.39. The maximum atomic E-state index is 12.4. The SMILES string of the molecule is O=C(O)c1cn(CC(=O)N2CCOC(c3ccccc3)C2)nn1. The number of ether oxygens (including phenoxy) is 1. The molecule has 3 rings (SSSR count). The number of carbonyl (C=O) groups excluding carboxylic acids is 1. The number of aromatic nitrogens is 3. The molecule has 0 radical (unpaired) electrons. The minimum atomic E-state index is -1.17. The molecule has 1 aliphatic heterocycles. The van der Waals surface area contributed by atoms with Gasteiger partial charge in [0.2, 0.25) is 5.91 Å². The van der Waals surface area contributed by atoms with E-state index in [1.165, 1.54) is 10.9 Å². The highest BCUT2D eigenvalue weighted by atomic mass is 16.5. The fourth-order valence-corrected chi connectivity index (χ4v) is 2.46. The average molecular weight is 316 g/mol. The lowest BCUT2D eigenvalue weighted by molar-refractivity contribution is -0.139. The van der Waals surface area contributed by atoms with Crippen molar-refractivity contribution >= 4 is 11.9 Å². The monoisotopic (exact) mass is 316 g/mol. The average Bonchev–Trinajstić information content (AvgIpc) is 3.04. The first kappa shape index (κ1) is 15.2. The number of carbonyl (C=O) groups is 2. The lowest BCUT2D eigenvalue weighted by Crippen LogP contribution is -2.43. The Hall–Kier alpha value is -2.74. The van der Waals surface area contributed by atoms with Gasteiger partial charge in [-0.2, -0.15) is 0 Å². The number of hydrogen-bond donors (Lipinski definition) is 1. The summed E-state index contributed by atoms with van der Waals surface area (Å²) in [5.41, 5.74) is 0.848. The molecule has 1 fully saturated rings. The van der Waals surface area contributed by atoms with Crippen LogP contribution in [0.25, 0.3) is 0 Å². The summed E-state index contributed by atoms with van der Waals surface area (Å²) in [5, 5.41) is 16.0. The number of benzene rings is 1. The number of carboxylic acid groups (broad SMARTS) is 1. The molecule has 1 aliphatic rings. The van der Waals surface area contributed by atoms with Crippen LogP contribution in [0, 0.1) is 0 Å². The van der Waals surface area contributed by atoms with E-state index in [1.54, 1.807) is 4.90 Å². The van der Waals surface area contributed by atoms with Crippen molar-refractivity contribution in [3.63, 3.8) is 0 Å². The quantitative estimate of drug-likeness (QED) is 0.886. The van der Waals surface area contributed by atoms with Gasteiger partial charge in [0.1, 0.15) is 12.6 Å². The van der Waals surface area contributed by atoms with Crippen molar-refractivity contribution in [2.24, 2.45) is 0 Å². The molecule has 0 bridgehead atoms. The number of morpholine rings is 1. The van der Waals surface area contributed by atoms with Crippen LogP contribution in [-0.2, 0) is 16.1 Å². The zero-order valence-electron chi connectivity index (χ0n) is 12.3. The number of nitrogens with zero attached hydrogens (tertiary/aromatic N) is 4. The van der Waals surface area contributed by atoms with E-state index < -0.39 is 5.97 Å². The first-order chi connectivity index (χ1) is 11.1. The van der Waals surface area contributed by atoms with Gasteiger partial charge in [-0.05, 0) is 5.56 Å². The third-order valence-electron chi connectivity index (χ3n) is 3.65. The van der Waals surface area contributed by atoms with Crippen LogP contribution in [0.2, 0.25) is 0 Å². The van der Waals surface area contributed by atoms with Gasteiger partial charge in [-0.15, -0.1) is 5.10 Å². The van der Waals surface area contributed by atoms with Crippen LogP contribution in [0.15, 0.2) is 36.5 Å². The molecule has 2 aromatic rings. The zero-order valence-corrected chi connectivity index (χ0v) is 12.3. The van der Waals surface area contributed by atoms with Gasteiger partial charge >= 0.3 is 5.97 Å². The molecular formula is C15H16N4O4. The summed E-state index contributed by atoms with van der Waals surface area (Å²) >= 11 is 0. The largest absolute Gasteiger partial charge is 0.476 e. The molecule has 0 spiro atoms. The van der Waals surface area contributed by atoms with Crippen LogP contribution < -0.4 is 0 Å². The first-order valence-corrected chi connectivity index (χ1v) is 7.21. The second-order valence-electron chi connectivity index (χ2n) is 5.22. The van der Waals surface area contributed by atoms with E-state index in [2.05, 4.69) is 10.3 Å². The third kappa shape index (κ3) is 3.54. The molecular weight excluding hydrogens is 300 g/mol. The number of aromatic carboxylic acids is 1. The Labute approximate surface area is 132 Å². The van der Waals surface area contributed by atoms with Gasteiger partial charge in [0, 0.05) is 6.54 Å². The first-order valence-electron chi connectivity index (χ1n) is 7.21. The summed E-state index contributed by atoms with van der Waals surface area (Å²) in [6, 6.07) is 9.73. The Balaban J connectivity index is 1.63. The van der Waals surface area contributed by atoms with E-state index in [-0.39, 0.29) is 24.2 Å². The Morgan fingerprint density at radius 1 is 1.30 bits per heavy atom. The standard InChI is InChI=1S/C15H16N4O4/c20-14(10-19-8-12(15(21)22)16-17-19)18-6-7-23-13(9-18)11-4-2-1-3-5-11/h1-5,8,13H,6-7,9-10H2,(H,21,22). The summed E-state index contributed by atoms with van der Waals surface area (Å²) in [6.07, 6.45) is 1.09. The van der Waals surface area contributed by atoms with E-state index in [9.17, 15) is 9.59 Å². The van der Waals surface area contributed by atoms with E-state index in [0.29, 0.717) is 19.7 Å². The van der Waals surface area contributed by atoms with Gasteiger partial charge in [0.25, 0.3) is 0 Å². The molecule has 1 aromatic carbocycles. The predicted octanol–water partition coefficient (Wildman–Crippen LogP) is 0.576. The Bertz CT molecular complexity index is 701.